The molecule has 1 atom stereocenters. The molecule has 1 fully saturated rings. The van der Waals surface area contributed by atoms with Crippen molar-refractivity contribution in [2.45, 2.75) is 50.2 Å². The number of benzene rings is 2. The van der Waals surface area contributed by atoms with Gasteiger partial charge in [0.15, 0.2) is 10.9 Å². The molecule has 0 aliphatic carbocycles. The summed E-state index contributed by atoms with van der Waals surface area (Å²) in [5, 5.41) is 10.8. The predicted molar refractivity (Wildman–Crippen MR) is 124 cm³/mol. The molecule has 0 bridgehead atoms. The van der Waals surface area contributed by atoms with Crippen molar-refractivity contribution >= 4 is 39.2 Å². The normalized spacial score (nSPS) is 18.5. The van der Waals surface area contributed by atoms with E-state index in [-0.39, 0.29) is 27.2 Å². The Labute approximate surface area is 187 Å². The van der Waals surface area contributed by atoms with Gasteiger partial charge in [-0.05, 0) is 48.6 Å². The van der Waals surface area contributed by atoms with E-state index < -0.39 is 10.1 Å². The highest BCUT2D eigenvalue weighted by Crippen LogP contribution is 2.28. The summed E-state index contributed by atoms with van der Waals surface area (Å²) in [4.78, 5) is 11.6. The zero-order chi connectivity index (χ0) is 22.8. The summed E-state index contributed by atoms with van der Waals surface area (Å²) in [6.07, 6.45) is 1.41. The Kier molecular flexibility index (Phi) is 6.56. The van der Waals surface area contributed by atoms with Crippen LogP contribution in [0.15, 0.2) is 57.6 Å². The minimum absolute atomic E-state index is 0.0749. The predicted octanol–water partition coefficient (Wildman–Crippen LogP) is 4.00. The fourth-order valence-electron chi connectivity index (χ4n) is 2.82. The standard InChI is InChI=1S/C22H25N3O4S2/c1-14-7-6-8-16(13-23-25-21-24-20(26)15(2)30-21)19(14)29-31(27,28)18-11-9-17(10-12-18)22(3,4)5/h6-13,15H,1-5H3,(H,24,25,26). The lowest BCUT2D eigenvalue weighted by Gasteiger charge is -2.19. The van der Waals surface area contributed by atoms with Crippen LogP contribution in [-0.2, 0) is 20.3 Å². The molecule has 1 heterocycles. The molecular formula is C22H25N3O4S2. The molecule has 31 heavy (non-hydrogen) atoms. The fourth-order valence-corrected chi connectivity index (χ4v) is 4.59. The zero-order valence-corrected chi connectivity index (χ0v) is 19.7. The van der Waals surface area contributed by atoms with Crippen LogP contribution in [0.2, 0.25) is 0 Å². The van der Waals surface area contributed by atoms with Gasteiger partial charge >= 0.3 is 10.1 Å². The lowest BCUT2D eigenvalue weighted by atomic mass is 9.87. The molecule has 1 unspecified atom stereocenters. The molecule has 0 aromatic heterocycles. The van der Waals surface area contributed by atoms with Gasteiger partial charge in [0.2, 0.25) is 5.91 Å². The molecule has 7 nitrogen and oxygen atoms in total. The quantitative estimate of drug-likeness (QED) is 0.414. The Balaban J connectivity index is 1.85. The molecule has 2 aromatic rings. The summed E-state index contributed by atoms with van der Waals surface area (Å²) in [5.74, 6) is 0.0601. The molecule has 9 heteroatoms. The maximum atomic E-state index is 12.9. The van der Waals surface area contributed by atoms with Crippen LogP contribution >= 0.6 is 11.8 Å². The van der Waals surface area contributed by atoms with E-state index in [0.717, 1.165) is 5.56 Å². The molecule has 0 radical (unpaired) electrons. The van der Waals surface area contributed by atoms with Gasteiger partial charge < -0.3 is 9.50 Å². The summed E-state index contributed by atoms with van der Waals surface area (Å²) in [5.41, 5.74) is 2.05. The van der Waals surface area contributed by atoms with E-state index in [2.05, 4.69) is 36.3 Å². The third-order valence-electron chi connectivity index (χ3n) is 4.68. The first-order valence-corrected chi connectivity index (χ1v) is 12.0. The van der Waals surface area contributed by atoms with E-state index >= 15 is 0 Å². The monoisotopic (exact) mass is 459 g/mol. The molecule has 0 saturated carbocycles. The SMILES string of the molecule is Cc1cccc(C=N/N=C2\NC(=O)C(C)S2)c1OS(=O)(=O)c1ccc(C(C)(C)C)cc1. The molecule has 1 amide bonds. The van der Waals surface area contributed by atoms with Crippen molar-refractivity contribution in [3.8, 4) is 5.75 Å². The lowest BCUT2D eigenvalue weighted by Crippen LogP contribution is -2.23. The number of nitrogens with one attached hydrogen (secondary N) is 1. The lowest BCUT2D eigenvalue weighted by molar-refractivity contribution is -0.118. The van der Waals surface area contributed by atoms with Gasteiger partial charge in [-0.25, -0.2) is 0 Å². The highest BCUT2D eigenvalue weighted by molar-refractivity contribution is 8.15. The third kappa shape index (κ3) is 5.54. The number of nitrogens with zero attached hydrogens (tertiary/aromatic N) is 2. The average Bonchev–Trinajstić information content (AvgIpc) is 3.01. The number of hydrogen-bond acceptors (Lipinski definition) is 7. The second-order valence-electron chi connectivity index (χ2n) is 8.20. The summed E-state index contributed by atoms with van der Waals surface area (Å²) in [6.45, 7) is 9.71. The first kappa shape index (κ1) is 23.0. The van der Waals surface area contributed by atoms with E-state index in [1.807, 2.05) is 0 Å². The highest BCUT2D eigenvalue weighted by Gasteiger charge is 2.26. The van der Waals surface area contributed by atoms with Gasteiger partial charge in [-0.2, -0.15) is 13.5 Å². The number of para-hydroxylation sites is 1. The summed E-state index contributed by atoms with van der Waals surface area (Å²) in [6, 6.07) is 11.9. The summed E-state index contributed by atoms with van der Waals surface area (Å²) >= 11 is 1.27. The molecule has 1 aliphatic rings. The van der Waals surface area contributed by atoms with Gasteiger partial charge in [-0.15, -0.1) is 5.10 Å². The van der Waals surface area contributed by atoms with Crippen molar-refractivity contribution in [3.05, 3.63) is 59.2 Å². The van der Waals surface area contributed by atoms with Gasteiger partial charge in [-0.3, -0.25) is 4.79 Å². The fraction of sp³-hybridized carbons (Fsp3) is 0.318. The number of carbonyl (C=O) groups is 1. The Morgan fingerprint density at radius 2 is 1.81 bits per heavy atom. The van der Waals surface area contributed by atoms with Crippen LogP contribution in [0.1, 0.15) is 44.4 Å². The Morgan fingerprint density at radius 1 is 1.13 bits per heavy atom. The van der Waals surface area contributed by atoms with Crippen molar-refractivity contribution < 1.29 is 17.4 Å². The first-order chi connectivity index (χ1) is 14.5. The third-order valence-corrected chi connectivity index (χ3v) is 6.89. The van der Waals surface area contributed by atoms with Crippen LogP contribution in [-0.4, -0.2) is 31.0 Å². The highest BCUT2D eigenvalue weighted by atomic mass is 32.2. The molecule has 1 saturated heterocycles. The molecule has 1 N–H and O–H groups in total. The second kappa shape index (κ2) is 8.84. The van der Waals surface area contributed by atoms with Gasteiger partial charge in [0.25, 0.3) is 0 Å². The first-order valence-electron chi connectivity index (χ1n) is 9.70. The number of carbonyl (C=O) groups excluding carboxylic acids is 1. The van der Waals surface area contributed by atoms with Crippen LogP contribution in [0.4, 0.5) is 0 Å². The maximum Gasteiger partial charge on any atom is 0.339 e. The van der Waals surface area contributed by atoms with Crippen LogP contribution in [0.25, 0.3) is 0 Å². The van der Waals surface area contributed by atoms with Crippen LogP contribution in [0.5, 0.6) is 5.75 Å². The number of rotatable bonds is 5. The van der Waals surface area contributed by atoms with Gasteiger partial charge in [0.05, 0.1) is 11.5 Å². The van der Waals surface area contributed by atoms with Gasteiger partial charge in [0, 0.05) is 5.56 Å². The van der Waals surface area contributed by atoms with Crippen molar-refractivity contribution in [3.63, 3.8) is 0 Å². The number of thioether (sulfide) groups is 1. The smallest absolute Gasteiger partial charge is 0.339 e. The van der Waals surface area contributed by atoms with Crippen molar-refractivity contribution in [1.82, 2.24) is 5.32 Å². The Bertz CT molecular complexity index is 1150. The molecule has 1 aliphatic heterocycles. The number of aryl methyl sites for hydroxylation is 1. The van der Waals surface area contributed by atoms with E-state index in [1.54, 1.807) is 56.3 Å². The minimum Gasteiger partial charge on any atom is -0.378 e. The van der Waals surface area contributed by atoms with Crippen molar-refractivity contribution in [1.29, 1.82) is 0 Å². The second-order valence-corrected chi connectivity index (χ2v) is 11.1. The van der Waals surface area contributed by atoms with E-state index in [9.17, 15) is 13.2 Å². The number of amides is 1. The van der Waals surface area contributed by atoms with Gasteiger partial charge in [0.1, 0.15) is 4.90 Å². The number of amidine groups is 1. The van der Waals surface area contributed by atoms with Crippen LogP contribution in [0.3, 0.4) is 0 Å². The molecular weight excluding hydrogens is 434 g/mol. The Hall–Kier alpha value is -2.65. The largest absolute Gasteiger partial charge is 0.378 e. The topological polar surface area (TPSA) is 97.2 Å². The number of hydrogen-bond donors (Lipinski definition) is 1. The van der Waals surface area contributed by atoms with Crippen LogP contribution in [0, 0.1) is 6.92 Å². The molecule has 2 aromatic carbocycles. The van der Waals surface area contributed by atoms with Crippen molar-refractivity contribution in [2.24, 2.45) is 10.2 Å². The maximum absolute atomic E-state index is 12.9. The van der Waals surface area contributed by atoms with E-state index in [4.69, 9.17) is 4.18 Å². The Morgan fingerprint density at radius 3 is 2.39 bits per heavy atom. The van der Waals surface area contributed by atoms with E-state index in [0.29, 0.717) is 16.3 Å². The molecule has 3 rings (SSSR count). The molecule has 0 spiro atoms. The molecule has 164 valence electrons. The zero-order valence-electron chi connectivity index (χ0n) is 18.0. The van der Waals surface area contributed by atoms with Crippen LogP contribution < -0.4 is 9.50 Å². The van der Waals surface area contributed by atoms with E-state index in [1.165, 1.54) is 18.0 Å². The van der Waals surface area contributed by atoms with Crippen molar-refractivity contribution in [2.75, 3.05) is 0 Å². The minimum atomic E-state index is -4.03. The summed E-state index contributed by atoms with van der Waals surface area (Å²) < 4.78 is 31.2. The average molecular weight is 460 g/mol. The van der Waals surface area contributed by atoms with Gasteiger partial charge in [-0.1, -0.05) is 56.8 Å². The summed E-state index contributed by atoms with van der Waals surface area (Å²) in [7, 11) is -4.03.